The fraction of sp³-hybridized carbons (Fsp3) is 0. The van der Waals surface area contributed by atoms with Crippen molar-refractivity contribution in [2.75, 3.05) is 0 Å². The number of aromatic nitrogens is 4. The second-order valence-corrected chi connectivity index (χ2v) is 13.5. The molecule has 0 N–H and O–H groups in total. The number of hydrogen-bond acceptors (Lipinski definition) is 5. The van der Waals surface area contributed by atoms with E-state index in [1.807, 2.05) is 54.9 Å². The Labute approximate surface area is 303 Å². The highest BCUT2D eigenvalue weighted by Crippen LogP contribution is 2.41. The van der Waals surface area contributed by atoms with Crippen molar-refractivity contribution in [2.24, 2.45) is 0 Å². The maximum atomic E-state index is 6.43. The van der Waals surface area contributed by atoms with Crippen LogP contribution in [0.15, 0.2) is 175 Å². The average molecular weight is 677 g/mol. The molecule has 0 radical (unpaired) electrons. The van der Waals surface area contributed by atoms with Crippen LogP contribution in [0.1, 0.15) is 0 Å². The predicted octanol–water partition coefficient (Wildman–Crippen LogP) is 12.4. The van der Waals surface area contributed by atoms with Gasteiger partial charge in [-0.15, -0.1) is 0 Å². The first-order valence-electron chi connectivity index (χ1n) is 17.7. The van der Waals surface area contributed by atoms with E-state index in [2.05, 4.69) is 120 Å². The van der Waals surface area contributed by atoms with E-state index in [4.69, 9.17) is 19.4 Å². The van der Waals surface area contributed by atoms with Crippen LogP contribution < -0.4 is 0 Å². The summed E-state index contributed by atoms with van der Waals surface area (Å²) in [4.78, 5) is 19.8. The van der Waals surface area contributed by atoms with Crippen molar-refractivity contribution in [3.63, 3.8) is 0 Å². The highest BCUT2D eigenvalue weighted by Gasteiger charge is 2.19. The zero-order chi connectivity index (χ0) is 34.9. The number of fused-ring (bicyclic) bond motifs is 9. The summed E-state index contributed by atoms with van der Waals surface area (Å²) in [5.74, 6) is 1.82. The first-order chi connectivity index (χ1) is 26.2. The van der Waals surface area contributed by atoms with Crippen LogP contribution in [-0.2, 0) is 0 Å². The van der Waals surface area contributed by atoms with Gasteiger partial charge in [-0.3, -0.25) is 4.98 Å². The Hall–Kier alpha value is -7.24. The van der Waals surface area contributed by atoms with E-state index in [1.165, 1.54) is 26.9 Å². The van der Waals surface area contributed by atoms with Crippen molar-refractivity contribution in [1.29, 1.82) is 0 Å². The van der Waals surface area contributed by atoms with Crippen molar-refractivity contribution in [3.05, 3.63) is 170 Å². The monoisotopic (exact) mass is 676 g/mol. The molecule has 5 heteroatoms. The van der Waals surface area contributed by atoms with Gasteiger partial charge in [-0.25, -0.2) is 15.0 Å². The molecular weight excluding hydrogens is 649 g/mol. The SMILES string of the molecule is c1ccc(-c2nc(-c3cccc(-c4cc5ccc6cnccc6c5c5ccccc45)c3)nc(-c3cccc4oc5cc6ccccc6cc5c34)n2)cc1. The molecule has 0 saturated heterocycles. The molecule has 3 aromatic heterocycles. The Morgan fingerprint density at radius 2 is 1.06 bits per heavy atom. The number of rotatable bonds is 4. The fourth-order valence-corrected chi connectivity index (χ4v) is 7.88. The van der Waals surface area contributed by atoms with Crippen LogP contribution in [0.4, 0.5) is 0 Å². The molecule has 5 nitrogen and oxygen atoms in total. The summed E-state index contributed by atoms with van der Waals surface area (Å²) in [7, 11) is 0. The maximum absolute atomic E-state index is 6.43. The zero-order valence-electron chi connectivity index (χ0n) is 28.4. The largest absolute Gasteiger partial charge is 0.456 e. The van der Waals surface area contributed by atoms with Crippen molar-refractivity contribution in [3.8, 4) is 45.3 Å². The number of hydrogen-bond donors (Lipinski definition) is 0. The number of furan rings is 1. The van der Waals surface area contributed by atoms with Crippen molar-refractivity contribution in [1.82, 2.24) is 19.9 Å². The molecule has 0 fully saturated rings. The summed E-state index contributed by atoms with van der Waals surface area (Å²) in [5, 5.41) is 11.5. The number of benzene rings is 8. The van der Waals surface area contributed by atoms with E-state index < -0.39 is 0 Å². The van der Waals surface area contributed by atoms with E-state index in [9.17, 15) is 0 Å². The predicted molar refractivity (Wildman–Crippen MR) is 217 cm³/mol. The summed E-state index contributed by atoms with van der Waals surface area (Å²) in [5.41, 5.74) is 6.61. The molecule has 11 rings (SSSR count). The van der Waals surface area contributed by atoms with Crippen molar-refractivity contribution in [2.45, 2.75) is 0 Å². The first kappa shape index (κ1) is 29.5. The Morgan fingerprint density at radius 1 is 0.358 bits per heavy atom. The van der Waals surface area contributed by atoms with Gasteiger partial charge in [-0.2, -0.15) is 0 Å². The van der Waals surface area contributed by atoms with Gasteiger partial charge in [-0.05, 0) is 85.2 Å². The quantitative estimate of drug-likeness (QED) is 0.174. The lowest BCUT2D eigenvalue weighted by Gasteiger charge is -2.14. The molecule has 0 aliphatic carbocycles. The fourth-order valence-electron chi connectivity index (χ4n) is 7.88. The molecule has 0 saturated carbocycles. The summed E-state index contributed by atoms with van der Waals surface area (Å²) in [6.07, 6.45) is 3.81. The van der Waals surface area contributed by atoms with Crippen LogP contribution in [0.5, 0.6) is 0 Å². The average Bonchev–Trinajstić information content (AvgIpc) is 3.60. The lowest BCUT2D eigenvalue weighted by molar-refractivity contribution is 0.669. The number of nitrogens with zero attached hydrogens (tertiary/aromatic N) is 4. The molecule has 0 aliphatic heterocycles. The number of pyridine rings is 1. The molecule has 0 amide bonds. The molecule has 0 aliphatic rings. The second kappa shape index (κ2) is 11.7. The maximum Gasteiger partial charge on any atom is 0.164 e. The van der Waals surface area contributed by atoms with E-state index in [1.54, 1.807) is 0 Å². The lowest BCUT2D eigenvalue weighted by Crippen LogP contribution is -2.00. The van der Waals surface area contributed by atoms with Gasteiger partial charge in [0.15, 0.2) is 17.5 Å². The van der Waals surface area contributed by atoms with Gasteiger partial charge in [0.2, 0.25) is 0 Å². The van der Waals surface area contributed by atoms with Gasteiger partial charge in [0, 0.05) is 45.2 Å². The van der Waals surface area contributed by atoms with Gasteiger partial charge in [0.25, 0.3) is 0 Å². The van der Waals surface area contributed by atoms with Crippen LogP contribution in [0.2, 0.25) is 0 Å². The Kier molecular flexibility index (Phi) is 6.48. The Bertz CT molecular complexity index is 3240. The van der Waals surface area contributed by atoms with Crippen LogP contribution in [0.25, 0.3) is 110 Å². The van der Waals surface area contributed by atoms with Gasteiger partial charge >= 0.3 is 0 Å². The third-order valence-corrected chi connectivity index (χ3v) is 10.3. The highest BCUT2D eigenvalue weighted by atomic mass is 16.3. The van der Waals surface area contributed by atoms with Crippen LogP contribution in [0, 0.1) is 0 Å². The van der Waals surface area contributed by atoms with Gasteiger partial charge in [0.05, 0.1) is 0 Å². The minimum atomic E-state index is 0.596. The first-order valence-corrected chi connectivity index (χ1v) is 17.7. The van der Waals surface area contributed by atoms with E-state index in [-0.39, 0.29) is 0 Å². The molecule has 0 atom stereocenters. The topological polar surface area (TPSA) is 64.7 Å². The molecule has 0 unspecified atom stereocenters. The molecule has 3 heterocycles. The molecule has 246 valence electrons. The molecule has 53 heavy (non-hydrogen) atoms. The molecule has 0 bridgehead atoms. The van der Waals surface area contributed by atoms with Crippen LogP contribution in [0.3, 0.4) is 0 Å². The smallest absolute Gasteiger partial charge is 0.164 e. The second-order valence-electron chi connectivity index (χ2n) is 13.5. The zero-order valence-corrected chi connectivity index (χ0v) is 28.4. The molecule has 11 aromatic rings. The molecular formula is C48H28N4O. The highest BCUT2D eigenvalue weighted by molar-refractivity contribution is 6.23. The van der Waals surface area contributed by atoms with Crippen LogP contribution >= 0.6 is 0 Å². The Balaban J connectivity index is 1.13. The summed E-state index contributed by atoms with van der Waals surface area (Å²) >= 11 is 0. The third-order valence-electron chi connectivity index (χ3n) is 10.3. The van der Waals surface area contributed by atoms with Gasteiger partial charge in [0.1, 0.15) is 11.2 Å². The third kappa shape index (κ3) is 4.79. The van der Waals surface area contributed by atoms with Crippen molar-refractivity contribution >= 4 is 65.0 Å². The summed E-state index contributed by atoms with van der Waals surface area (Å²) < 4.78 is 6.43. The van der Waals surface area contributed by atoms with Gasteiger partial charge < -0.3 is 4.42 Å². The Morgan fingerprint density at radius 3 is 1.94 bits per heavy atom. The van der Waals surface area contributed by atoms with E-state index >= 15 is 0 Å². The van der Waals surface area contributed by atoms with Crippen molar-refractivity contribution < 1.29 is 4.42 Å². The normalized spacial score (nSPS) is 11.8. The summed E-state index contributed by atoms with van der Waals surface area (Å²) in [6, 6.07) is 54.9. The van der Waals surface area contributed by atoms with Gasteiger partial charge in [-0.1, -0.05) is 121 Å². The standard InChI is InChI=1S/C48H28N4O/c1-2-10-29(11-3-1)46-50-47(52-48(51-46)39-18-9-19-42-45(39)41-25-30-12-4-5-13-31(30)27-43(41)53-42)34-15-8-14-32(24-34)40-26-33-20-21-35-28-49-23-22-36(35)44(33)38-17-7-6-16-37(38)40/h1-28H. The van der Waals surface area contributed by atoms with E-state index in [0.29, 0.717) is 17.5 Å². The van der Waals surface area contributed by atoms with Crippen LogP contribution in [-0.4, -0.2) is 19.9 Å². The minimum Gasteiger partial charge on any atom is -0.456 e. The summed E-state index contributed by atoms with van der Waals surface area (Å²) in [6.45, 7) is 0. The van der Waals surface area contributed by atoms with E-state index in [0.717, 1.165) is 65.9 Å². The minimum absolute atomic E-state index is 0.596. The molecule has 0 spiro atoms. The molecule has 8 aromatic carbocycles. The lowest BCUT2D eigenvalue weighted by atomic mass is 9.90.